The predicted octanol–water partition coefficient (Wildman–Crippen LogP) is 2.93. The quantitative estimate of drug-likeness (QED) is 0.499. The van der Waals surface area contributed by atoms with Gasteiger partial charge in [-0.25, -0.2) is 9.07 Å². The highest BCUT2D eigenvalue weighted by atomic mass is 32.2. The summed E-state index contributed by atoms with van der Waals surface area (Å²) in [5.41, 5.74) is 1.21. The van der Waals surface area contributed by atoms with E-state index in [2.05, 4.69) is 15.5 Å². The standard InChI is InChI=1S/C18H18FN5O2S/c1-11(17(25)21-14-5-3-4-6-15(14)26-2)27-18-23-22-16(24(18)20)12-7-9-13(19)10-8-12/h3-11H,20H2,1-2H3,(H,21,25). The van der Waals surface area contributed by atoms with Gasteiger partial charge >= 0.3 is 0 Å². The van der Waals surface area contributed by atoms with Crippen molar-refractivity contribution in [1.82, 2.24) is 14.9 Å². The van der Waals surface area contributed by atoms with E-state index in [1.165, 1.54) is 35.7 Å². The van der Waals surface area contributed by atoms with Crippen LogP contribution in [-0.4, -0.2) is 33.1 Å². The van der Waals surface area contributed by atoms with Crippen LogP contribution in [0.4, 0.5) is 10.1 Å². The van der Waals surface area contributed by atoms with Gasteiger partial charge in [0.25, 0.3) is 0 Å². The van der Waals surface area contributed by atoms with Gasteiger partial charge in [0, 0.05) is 5.56 Å². The van der Waals surface area contributed by atoms with E-state index in [-0.39, 0.29) is 11.7 Å². The van der Waals surface area contributed by atoms with Crippen LogP contribution in [0.1, 0.15) is 6.92 Å². The average molecular weight is 387 g/mol. The lowest BCUT2D eigenvalue weighted by Gasteiger charge is -2.13. The largest absolute Gasteiger partial charge is 0.495 e. The van der Waals surface area contributed by atoms with Crippen LogP contribution in [0.25, 0.3) is 11.4 Å². The monoisotopic (exact) mass is 387 g/mol. The van der Waals surface area contributed by atoms with Crippen LogP contribution in [0.3, 0.4) is 0 Å². The number of halogens is 1. The second kappa shape index (κ2) is 8.09. The van der Waals surface area contributed by atoms with E-state index in [1.54, 1.807) is 37.3 Å². The number of nitrogens with two attached hydrogens (primary N) is 1. The number of nitrogen functional groups attached to an aromatic ring is 1. The summed E-state index contributed by atoms with van der Waals surface area (Å²) in [5.74, 6) is 6.43. The molecule has 3 aromatic rings. The molecule has 1 amide bonds. The van der Waals surface area contributed by atoms with Gasteiger partial charge in [-0.15, -0.1) is 10.2 Å². The smallest absolute Gasteiger partial charge is 0.237 e. The fraction of sp³-hybridized carbons (Fsp3) is 0.167. The first-order valence-corrected chi connectivity index (χ1v) is 8.94. The van der Waals surface area contributed by atoms with Gasteiger partial charge in [-0.1, -0.05) is 23.9 Å². The number of nitrogens with one attached hydrogen (secondary N) is 1. The van der Waals surface area contributed by atoms with E-state index >= 15 is 0 Å². The van der Waals surface area contributed by atoms with Gasteiger partial charge in [0.15, 0.2) is 5.82 Å². The Balaban J connectivity index is 1.71. The fourth-order valence-electron chi connectivity index (χ4n) is 2.35. The number of hydrogen-bond donors (Lipinski definition) is 2. The number of methoxy groups -OCH3 is 1. The number of nitrogens with zero attached hydrogens (tertiary/aromatic N) is 3. The lowest BCUT2D eigenvalue weighted by Crippen LogP contribution is -2.24. The van der Waals surface area contributed by atoms with Crippen molar-refractivity contribution < 1.29 is 13.9 Å². The first-order valence-electron chi connectivity index (χ1n) is 8.06. The third-order valence-corrected chi connectivity index (χ3v) is 4.84. The zero-order chi connectivity index (χ0) is 19.4. The molecule has 0 aliphatic heterocycles. The molecule has 27 heavy (non-hydrogen) atoms. The minimum absolute atomic E-state index is 0.226. The Morgan fingerprint density at radius 2 is 1.93 bits per heavy atom. The van der Waals surface area contributed by atoms with Crippen molar-refractivity contribution in [2.75, 3.05) is 18.3 Å². The predicted molar refractivity (Wildman–Crippen MR) is 103 cm³/mol. The van der Waals surface area contributed by atoms with Gasteiger partial charge in [-0.05, 0) is 43.3 Å². The fourth-order valence-corrected chi connectivity index (χ4v) is 3.12. The molecule has 7 nitrogen and oxygen atoms in total. The summed E-state index contributed by atoms with van der Waals surface area (Å²) in [6.45, 7) is 1.74. The number of para-hydroxylation sites is 2. The van der Waals surface area contributed by atoms with E-state index in [9.17, 15) is 9.18 Å². The number of aromatic nitrogens is 3. The molecule has 0 aliphatic carbocycles. The van der Waals surface area contributed by atoms with Crippen molar-refractivity contribution in [3.8, 4) is 17.1 Å². The summed E-state index contributed by atoms with van der Waals surface area (Å²) in [5, 5.41) is 10.8. The first kappa shape index (κ1) is 18.7. The van der Waals surface area contributed by atoms with Crippen molar-refractivity contribution in [3.05, 3.63) is 54.3 Å². The van der Waals surface area contributed by atoms with Gasteiger partial charge in [-0.3, -0.25) is 4.79 Å². The minimum atomic E-state index is -0.484. The molecular weight excluding hydrogens is 369 g/mol. The average Bonchev–Trinajstić information content (AvgIpc) is 3.03. The number of ether oxygens (including phenoxy) is 1. The molecule has 1 unspecified atom stereocenters. The molecule has 0 radical (unpaired) electrons. The lowest BCUT2D eigenvalue weighted by molar-refractivity contribution is -0.115. The van der Waals surface area contributed by atoms with E-state index in [0.29, 0.717) is 28.0 Å². The Morgan fingerprint density at radius 3 is 2.63 bits per heavy atom. The molecular formula is C18H18FN5O2S. The third-order valence-electron chi connectivity index (χ3n) is 3.78. The minimum Gasteiger partial charge on any atom is -0.495 e. The molecule has 0 bridgehead atoms. The Morgan fingerprint density at radius 1 is 1.22 bits per heavy atom. The van der Waals surface area contributed by atoms with E-state index in [4.69, 9.17) is 10.6 Å². The third kappa shape index (κ3) is 4.20. The van der Waals surface area contributed by atoms with Crippen molar-refractivity contribution >= 4 is 23.4 Å². The summed E-state index contributed by atoms with van der Waals surface area (Å²) >= 11 is 1.17. The van der Waals surface area contributed by atoms with E-state index < -0.39 is 5.25 Å². The number of carbonyl (C=O) groups is 1. The van der Waals surface area contributed by atoms with Crippen LogP contribution in [0.15, 0.2) is 53.7 Å². The van der Waals surface area contributed by atoms with Crippen molar-refractivity contribution in [2.24, 2.45) is 0 Å². The lowest BCUT2D eigenvalue weighted by atomic mass is 10.2. The number of amides is 1. The van der Waals surface area contributed by atoms with Gasteiger partial charge < -0.3 is 15.9 Å². The molecule has 3 N–H and O–H groups in total. The summed E-state index contributed by atoms with van der Waals surface area (Å²) in [4.78, 5) is 12.5. The number of rotatable bonds is 6. The summed E-state index contributed by atoms with van der Waals surface area (Å²) in [6.07, 6.45) is 0. The maximum absolute atomic E-state index is 13.1. The molecule has 3 rings (SSSR count). The number of thioether (sulfide) groups is 1. The van der Waals surface area contributed by atoms with Gasteiger partial charge in [-0.2, -0.15) is 0 Å². The van der Waals surface area contributed by atoms with Gasteiger partial charge in [0.1, 0.15) is 11.6 Å². The Labute approximate surface area is 159 Å². The topological polar surface area (TPSA) is 95.1 Å². The second-order valence-corrected chi connectivity index (χ2v) is 6.94. The van der Waals surface area contributed by atoms with Crippen LogP contribution in [-0.2, 0) is 4.79 Å². The zero-order valence-corrected chi connectivity index (χ0v) is 15.5. The van der Waals surface area contributed by atoms with Crippen molar-refractivity contribution in [2.45, 2.75) is 17.3 Å². The van der Waals surface area contributed by atoms with E-state index in [0.717, 1.165) is 0 Å². The van der Waals surface area contributed by atoms with Gasteiger partial charge in [0.2, 0.25) is 11.1 Å². The molecule has 1 aromatic heterocycles. The normalized spacial score (nSPS) is 11.8. The molecule has 0 spiro atoms. The molecule has 0 fully saturated rings. The van der Waals surface area contributed by atoms with Gasteiger partial charge in [0.05, 0.1) is 18.0 Å². The highest BCUT2D eigenvalue weighted by molar-refractivity contribution is 8.00. The highest BCUT2D eigenvalue weighted by Crippen LogP contribution is 2.27. The number of anilines is 1. The Bertz CT molecular complexity index is 945. The zero-order valence-electron chi connectivity index (χ0n) is 14.7. The maximum Gasteiger partial charge on any atom is 0.237 e. The van der Waals surface area contributed by atoms with Crippen molar-refractivity contribution in [3.63, 3.8) is 0 Å². The summed E-state index contributed by atoms with van der Waals surface area (Å²) in [7, 11) is 1.54. The molecule has 140 valence electrons. The first-order chi connectivity index (χ1) is 13.0. The molecule has 1 atom stereocenters. The molecule has 1 heterocycles. The highest BCUT2D eigenvalue weighted by Gasteiger charge is 2.21. The van der Waals surface area contributed by atoms with E-state index in [1.807, 2.05) is 6.07 Å². The molecule has 0 saturated heterocycles. The summed E-state index contributed by atoms with van der Waals surface area (Å²) < 4.78 is 19.6. The van der Waals surface area contributed by atoms with Crippen LogP contribution in [0, 0.1) is 5.82 Å². The maximum atomic E-state index is 13.1. The SMILES string of the molecule is COc1ccccc1NC(=O)C(C)Sc1nnc(-c2ccc(F)cc2)n1N. The van der Waals surface area contributed by atoms with Crippen LogP contribution < -0.4 is 15.9 Å². The van der Waals surface area contributed by atoms with Crippen LogP contribution in [0.5, 0.6) is 5.75 Å². The second-order valence-electron chi connectivity index (χ2n) is 5.63. The van der Waals surface area contributed by atoms with Crippen molar-refractivity contribution in [1.29, 1.82) is 0 Å². The molecule has 0 aliphatic rings. The summed E-state index contributed by atoms with van der Waals surface area (Å²) in [6, 6.07) is 12.9. The van der Waals surface area contributed by atoms with Crippen LogP contribution in [0.2, 0.25) is 0 Å². The Hall–Kier alpha value is -3.07. The molecule has 0 saturated carbocycles. The molecule has 9 heteroatoms. The number of carbonyl (C=O) groups excluding carboxylic acids is 1. The Kier molecular flexibility index (Phi) is 5.60. The number of benzene rings is 2. The number of hydrogen-bond acceptors (Lipinski definition) is 6. The molecule has 2 aromatic carbocycles. The van der Waals surface area contributed by atoms with Crippen LogP contribution >= 0.6 is 11.8 Å².